The van der Waals surface area contributed by atoms with Crippen LogP contribution >= 0.6 is 0 Å². The first-order valence-corrected chi connectivity index (χ1v) is 16.0. The lowest BCUT2D eigenvalue weighted by molar-refractivity contribution is 0.487. The Kier molecular flexibility index (Phi) is 4.57. The Hall–Kier alpha value is -5.92. The zero-order chi connectivity index (χ0) is 30.0. The van der Waals surface area contributed by atoms with Gasteiger partial charge in [0.2, 0.25) is 0 Å². The van der Waals surface area contributed by atoms with E-state index in [0.29, 0.717) is 0 Å². The Balaban J connectivity index is 1.24. The van der Waals surface area contributed by atoms with E-state index < -0.39 is 5.41 Å². The van der Waals surface area contributed by atoms with Gasteiger partial charge in [-0.15, -0.1) is 0 Å². The smallest absolute Gasteiger partial charge is 0.135 e. The highest BCUT2D eigenvalue weighted by atomic mass is 16.5. The van der Waals surface area contributed by atoms with Crippen molar-refractivity contribution in [3.63, 3.8) is 0 Å². The second-order valence-electron chi connectivity index (χ2n) is 12.7. The van der Waals surface area contributed by atoms with Gasteiger partial charge in [0.25, 0.3) is 0 Å². The third-order valence-corrected chi connectivity index (χ3v) is 10.7. The normalized spacial score (nSPS) is 16.1. The summed E-state index contributed by atoms with van der Waals surface area (Å²) in [4.78, 5) is 0. The number of rotatable bonds is 1. The van der Waals surface area contributed by atoms with Crippen molar-refractivity contribution in [3.8, 4) is 56.0 Å². The zero-order valence-electron chi connectivity index (χ0n) is 24.9. The Bertz CT molecular complexity index is 2620. The van der Waals surface area contributed by atoms with Crippen molar-refractivity contribution in [2.24, 2.45) is 0 Å². The van der Waals surface area contributed by atoms with Gasteiger partial charge in [-0.3, -0.25) is 0 Å². The molecule has 0 fully saturated rings. The number of para-hydroxylation sites is 1. The molecule has 8 aromatic rings. The van der Waals surface area contributed by atoms with E-state index in [1.54, 1.807) is 0 Å². The first-order valence-electron chi connectivity index (χ1n) is 16.0. The van der Waals surface area contributed by atoms with Gasteiger partial charge in [0.1, 0.15) is 11.5 Å². The lowest BCUT2D eigenvalue weighted by Crippen LogP contribution is -2.31. The fourth-order valence-electron chi connectivity index (χ4n) is 8.93. The van der Waals surface area contributed by atoms with Crippen molar-refractivity contribution in [1.29, 1.82) is 0 Å². The number of benzene rings is 8. The molecule has 3 aliphatic rings. The summed E-state index contributed by atoms with van der Waals surface area (Å²) in [6.07, 6.45) is 0. The minimum atomic E-state index is -0.430. The standard InChI is InChI=1S/C45H26O/c1-4-18-37-30(12-1)32-23-22-28(29-24-25-42-44-34(29)16-9-17-36(44)33-14-3-6-21-41(33)46-42)26-40(32)45(37)38-19-5-2-13-31(38)35-15-7-10-27-11-8-20-39(45)43(27)35/h1-26H. The van der Waals surface area contributed by atoms with Crippen molar-refractivity contribution >= 4 is 21.5 Å². The predicted molar refractivity (Wildman–Crippen MR) is 189 cm³/mol. The van der Waals surface area contributed by atoms with Crippen LogP contribution in [-0.2, 0) is 5.41 Å². The minimum absolute atomic E-state index is 0.430. The molecule has 0 N–H and O–H groups in total. The Morgan fingerprint density at radius 3 is 1.76 bits per heavy atom. The highest BCUT2D eigenvalue weighted by molar-refractivity contribution is 6.11. The number of fused-ring (bicyclic) bond motifs is 11. The molecule has 1 unspecified atom stereocenters. The van der Waals surface area contributed by atoms with Gasteiger partial charge in [0.05, 0.1) is 5.41 Å². The van der Waals surface area contributed by atoms with Crippen LogP contribution in [0.2, 0.25) is 0 Å². The second-order valence-corrected chi connectivity index (χ2v) is 12.7. The lowest BCUT2D eigenvalue weighted by Gasteiger charge is -2.40. The fourth-order valence-corrected chi connectivity index (χ4v) is 8.93. The molecule has 1 heteroatoms. The van der Waals surface area contributed by atoms with E-state index in [1.807, 2.05) is 6.07 Å². The predicted octanol–water partition coefficient (Wildman–Crippen LogP) is 11.8. The summed E-state index contributed by atoms with van der Waals surface area (Å²) in [7, 11) is 0. The molecule has 0 bridgehead atoms. The molecule has 1 spiro atoms. The molecule has 46 heavy (non-hydrogen) atoms. The molecule has 8 aromatic carbocycles. The molecular weight excluding hydrogens is 556 g/mol. The van der Waals surface area contributed by atoms with Crippen LogP contribution in [0, 0.1) is 0 Å². The van der Waals surface area contributed by atoms with E-state index in [4.69, 9.17) is 4.74 Å². The average molecular weight is 583 g/mol. The maximum Gasteiger partial charge on any atom is 0.135 e. The van der Waals surface area contributed by atoms with Gasteiger partial charge >= 0.3 is 0 Å². The first-order chi connectivity index (χ1) is 22.8. The van der Waals surface area contributed by atoms with Crippen LogP contribution in [0.5, 0.6) is 11.5 Å². The number of hydrogen-bond acceptors (Lipinski definition) is 1. The molecule has 1 atom stereocenters. The number of hydrogen-bond donors (Lipinski definition) is 0. The van der Waals surface area contributed by atoms with Crippen LogP contribution in [0.4, 0.5) is 0 Å². The SMILES string of the molecule is c1ccc2c(c1)Oc1ccc(-c3ccc4c(c3)C3(c5ccccc5-4)c4ccccc4-c4cccc5cccc3c45)c3cccc-2c13. The summed E-state index contributed by atoms with van der Waals surface area (Å²) in [6, 6.07) is 58.4. The Labute approximate surface area is 267 Å². The third-order valence-electron chi connectivity index (χ3n) is 10.7. The molecule has 1 heterocycles. The average Bonchev–Trinajstić information content (AvgIpc) is 3.41. The van der Waals surface area contributed by atoms with E-state index in [2.05, 4.69) is 152 Å². The van der Waals surface area contributed by atoms with Crippen LogP contribution in [-0.4, -0.2) is 0 Å². The van der Waals surface area contributed by atoms with Gasteiger partial charge < -0.3 is 4.74 Å². The summed E-state index contributed by atoms with van der Waals surface area (Å²) in [5, 5.41) is 5.04. The van der Waals surface area contributed by atoms with Gasteiger partial charge in [0.15, 0.2) is 0 Å². The summed E-state index contributed by atoms with van der Waals surface area (Å²) < 4.78 is 6.45. The molecule has 0 saturated carbocycles. The summed E-state index contributed by atoms with van der Waals surface area (Å²) >= 11 is 0. The summed E-state index contributed by atoms with van der Waals surface area (Å²) in [6.45, 7) is 0. The molecule has 1 aliphatic heterocycles. The highest BCUT2D eigenvalue weighted by Crippen LogP contribution is 2.62. The van der Waals surface area contributed by atoms with Crippen LogP contribution in [0.25, 0.3) is 66.1 Å². The van der Waals surface area contributed by atoms with Crippen LogP contribution in [0.1, 0.15) is 22.3 Å². The Morgan fingerprint density at radius 1 is 0.348 bits per heavy atom. The molecule has 0 saturated heterocycles. The van der Waals surface area contributed by atoms with Gasteiger partial charge in [-0.25, -0.2) is 0 Å². The van der Waals surface area contributed by atoms with Crippen molar-refractivity contribution in [1.82, 2.24) is 0 Å². The monoisotopic (exact) mass is 582 g/mol. The molecule has 212 valence electrons. The summed E-state index contributed by atoms with van der Waals surface area (Å²) in [5.41, 5.74) is 15.1. The van der Waals surface area contributed by atoms with E-state index in [0.717, 1.165) is 17.1 Å². The molecule has 0 radical (unpaired) electrons. The molecule has 0 amide bonds. The second kappa shape index (κ2) is 8.62. The molecular formula is C45H26O. The topological polar surface area (TPSA) is 9.23 Å². The maximum atomic E-state index is 6.45. The highest BCUT2D eigenvalue weighted by Gasteiger charge is 2.50. The third kappa shape index (κ3) is 2.87. The van der Waals surface area contributed by atoms with Gasteiger partial charge in [-0.05, 0) is 95.6 Å². The lowest BCUT2D eigenvalue weighted by atomic mass is 9.61. The summed E-state index contributed by atoms with van der Waals surface area (Å²) in [5.74, 6) is 1.83. The van der Waals surface area contributed by atoms with Gasteiger partial charge in [0, 0.05) is 10.9 Å². The maximum absolute atomic E-state index is 6.45. The molecule has 11 rings (SSSR count). The van der Waals surface area contributed by atoms with Crippen molar-refractivity contribution < 1.29 is 4.74 Å². The minimum Gasteiger partial charge on any atom is -0.456 e. The van der Waals surface area contributed by atoms with Crippen LogP contribution in [0.3, 0.4) is 0 Å². The number of ether oxygens (including phenoxy) is 1. The van der Waals surface area contributed by atoms with Crippen molar-refractivity contribution in [2.75, 3.05) is 0 Å². The molecule has 2 aliphatic carbocycles. The fraction of sp³-hybridized carbons (Fsp3) is 0.0222. The van der Waals surface area contributed by atoms with Crippen LogP contribution < -0.4 is 4.74 Å². The van der Waals surface area contributed by atoms with Crippen molar-refractivity contribution in [3.05, 3.63) is 180 Å². The zero-order valence-corrected chi connectivity index (χ0v) is 24.9. The quantitative estimate of drug-likeness (QED) is 0.187. The van der Waals surface area contributed by atoms with E-state index in [9.17, 15) is 0 Å². The van der Waals surface area contributed by atoms with Gasteiger partial charge in [-0.1, -0.05) is 140 Å². The van der Waals surface area contributed by atoms with Crippen LogP contribution in [0.15, 0.2) is 158 Å². The molecule has 1 nitrogen and oxygen atoms in total. The first kappa shape index (κ1) is 24.4. The van der Waals surface area contributed by atoms with E-state index in [-0.39, 0.29) is 0 Å². The largest absolute Gasteiger partial charge is 0.456 e. The molecule has 0 aromatic heterocycles. The van der Waals surface area contributed by atoms with E-state index >= 15 is 0 Å². The van der Waals surface area contributed by atoms with Crippen molar-refractivity contribution in [2.45, 2.75) is 5.41 Å². The van der Waals surface area contributed by atoms with E-state index in [1.165, 1.54) is 82.7 Å². The Morgan fingerprint density at radius 2 is 0.935 bits per heavy atom. The van der Waals surface area contributed by atoms with Gasteiger partial charge in [-0.2, -0.15) is 0 Å².